The van der Waals surface area contributed by atoms with E-state index in [4.69, 9.17) is 0 Å². The largest absolute Gasteiger partial charge is 0.361 e. The zero-order valence-corrected chi connectivity index (χ0v) is 17.1. The van der Waals surface area contributed by atoms with Gasteiger partial charge in [-0.05, 0) is 56.9 Å². The van der Waals surface area contributed by atoms with Gasteiger partial charge < -0.3 is 14.8 Å². The van der Waals surface area contributed by atoms with Gasteiger partial charge in [-0.1, -0.05) is 12.1 Å². The van der Waals surface area contributed by atoms with Gasteiger partial charge in [-0.25, -0.2) is 9.97 Å². The lowest BCUT2D eigenvalue weighted by atomic mass is 9.84. The van der Waals surface area contributed by atoms with Crippen molar-refractivity contribution in [3.63, 3.8) is 0 Å². The van der Waals surface area contributed by atoms with Crippen molar-refractivity contribution in [3.05, 3.63) is 53.5 Å². The Kier molecular flexibility index (Phi) is 4.30. The number of amides is 1. The Morgan fingerprint density at radius 3 is 2.59 bits per heavy atom. The summed E-state index contributed by atoms with van der Waals surface area (Å²) >= 11 is 0. The van der Waals surface area contributed by atoms with E-state index in [2.05, 4.69) is 49.0 Å². The second-order valence-electron chi connectivity index (χ2n) is 8.50. The van der Waals surface area contributed by atoms with Gasteiger partial charge in [0.2, 0.25) is 11.9 Å². The number of anilines is 1. The van der Waals surface area contributed by atoms with Crippen LogP contribution in [0.1, 0.15) is 42.6 Å². The van der Waals surface area contributed by atoms with Crippen LogP contribution >= 0.6 is 0 Å². The number of rotatable bonds is 3. The number of carbonyl (C=O) groups excluding carboxylic acids is 1. The fraction of sp³-hybridized carbons (Fsp3) is 0.435. The van der Waals surface area contributed by atoms with Crippen LogP contribution in [0.15, 0.2) is 36.5 Å². The highest BCUT2D eigenvalue weighted by atomic mass is 16.2. The molecular formula is C23H27N5O. The molecule has 0 unspecified atom stereocenters. The van der Waals surface area contributed by atoms with Gasteiger partial charge >= 0.3 is 0 Å². The maximum Gasteiger partial charge on any atom is 0.225 e. The van der Waals surface area contributed by atoms with Crippen molar-refractivity contribution in [3.8, 4) is 0 Å². The van der Waals surface area contributed by atoms with Gasteiger partial charge in [0.15, 0.2) is 0 Å². The van der Waals surface area contributed by atoms with E-state index in [-0.39, 0.29) is 11.4 Å². The van der Waals surface area contributed by atoms with E-state index in [9.17, 15) is 4.79 Å². The zero-order valence-electron chi connectivity index (χ0n) is 17.1. The van der Waals surface area contributed by atoms with Crippen LogP contribution in [0.25, 0.3) is 10.9 Å². The van der Waals surface area contributed by atoms with E-state index < -0.39 is 0 Å². The molecule has 2 aromatic heterocycles. The standard InChI is InChI=1S/C23H27N5O/c1-16-14-17(2)26-22(25-16)27-12-9-23(10-13-27)8-6-21(29)28(23)15-18-4-3-5-20-19(18)7-11-24-20/h3-5,7,11,14,24H,6,8-10,12-13,15H2,1-2H3. The first-order valence-corrected chi connectivity index (χ1v) is 10.5. The van der Waals surface area contributed by atoms with Crippen molar-refractivity contribution in [2.45, 2.75) is 51.6 Å². The summed E-state index contributed by atoms with van der Waals surface area (Å²) in [6, 6.07) is 10.4. The quantitative estimate of drug-likeness (QED) is 0.741. The van der Waals surface area contributed by atoms with E-state index in [1.54, 1.807) is 0 Å². The predicted octanol–water partition coefficient (Wildman–Crippen LogP) is 3.74. The average Bonchev–Trinajstić information content (AvgIpc) is 3.29. The minimum Gasteiger partial charge on any atom is -0.361 e. The molecule has 150 valence electrons. The van der Waals surface area contributed by atoms with Crippen LogP contribution in [0.5, 0.6) is 0 Å². The van der Waals surface area contributed by atoms with Crippen LogP contribution in [0.4, 0.5) is 5.95 Å². The molecule has 5 rings (SSSR count). The van der Waals surface area contributed by atoms with Crippen LogP contribution in [0, 0.1) is 13.8 Å². The molecule has 1 aromatic carbocycles. The second kappa shape index (κ2) is 6.87. The van der Waals surface area contributed by atoms with Gasteiger partial charge in [0.05, 0.1) is 0 Å². The maximum absolute atomic E-state index is 12.8. The molecule has 29 heavy (non-hydrogen) atoms. The lowest BCUT2D eigenvalue weighted by Crippen LogP contribution is -2.53. The van der Waals surface area contributed by atoms with E-state index in [1.807, 2.05) is 26.1 Å². The highest BCUT2D eigenvalue weighted by Crippen LogP contribution is 2.41. The van der Waals surface area contributed by atoms with Crippen molar-refractivity contribution in [1.29, 1.82) is 0 Å². The highest BCUT2D eigenvalue weighted by molar-refractivity contribution is 5.84. The van der Waals surface area contributed by atoms with Crippen LogP contribution in [-0.4, -0.2) is 44.4 Å². The summed E-state index contributed by atoms with van der Waals surface area (Å²) in [6.07, 6.45) is 5.52. The number of aromatic amines is 1. The molecule has 2 saturated heterocycles. The number of piperidine rings is 1. The van der Waals surface area contributed by atoms with Crippen molar-refractivity contribution < 1.29 is 4.79 Å². The molecule has 0 atom stereocenters. The molecule has 0 radical (unpaired) electrons. The minimum absolute atomic E-state index is 0.0368. The summed E-state index contributed by atoms with van der Waals surface area (Å²) in [5.41, 5.74) is 4.32. The fourth-order valence-corrected chi connectivity index (χ4v) is 5.08. The van der Waals surface area contributed by atoms with E-state index in [1.165, 1.54) is 10.9 Å². The van der Waals surface area contributed by atoms with Gasteiger partial charge in [-0.3, -0.25) is 4.79 Å². The summed E-state index contributed by atoms with van der Waals surface area (Å²) in [5, 5.41) is 1.21. The molecule has 1 amide bonds. The van der Waals surface area contributed by atoms with Crippen LogP contribution < -0.4 is 4.90 Å². The first kappa shape index (κ1) is 18.2. The molecule has 1 N–H and O–H groups in total. The Hall–Kier alpha value is -2.89. The number of fused-ring (bicyclic) bond motifs is 1. The number of nitrogens with one attached hydrogen (secondary N) is 1. The third kappa shape index (κ3) is 3.16. The Bertz CT molecular complexity index is 1040. The van der Waals surface area contributed by atoms with Crippen molar-refractivity contribution in [1.82, 2.24) is 19.9 Å². The van der Waals surface area contributed by atoms with Crippen LogP contribution in [0.3, 0.4) is 0 Å². The van der Waals surface area contributed by atoms with E-state index in [0.717, 1.165) is 55.2 Å². The first-order valence-electron chi connectivity index (χ1n) is 10.5. The van der Waals surface area contributed by atoms with Crippen LogP contribution in [-0.2, 0) is 11.3 Å². The Morgan fingerprint density at radius 2 is 1.83 bits per heavy atom. The van der Waals surface area contributed by atoms with Gasteiger partial charge in [-0.2, -0.15) is 0 Å². The van der Waals surface area contributed by atoms with Gasteiger partial charge in [0.1, 0.15) is 0 Å². The highest BCUT2D eigenvalue weighted by Gasteiger charge is 2.47. The SMILES string of the molecule is Cc1cc(C)nc(N2CCC3(CCC(=O)N3Cc3cccc4[nH]ccc34)CC2)n1. The second-order valence-corrected chi connectivity index (χ2v) is 8.50. The molecule has 3 aromatic rings. The molecule has 0 aliphatic carbocycles. The van der Waals surface area contributed by atoms with E-state index >= 15 is 0 Å². The first-order chi connectivity index (χ1) is 14.0. The summed E-state index contributed by atoms with van der Waals surface area (Å²) < 4.78 is 0. The third-order valence-electron chi connectivity index (χ3n) is 6.64. The smallest absolute Gasteiger partial charge is 0.225 e. The molecule has 0 saturated carbocycles. The summed E-state index contributed by atoms with van der Waals surface area (Å²) in [4.78, 5) is 29.8. The zero-order chi connectivity index (χ0) is 20.0. The number of nitrogens with zero attached hydrogens (tertiary/aromatic N) is 4. The molecular weight excluding hydrogens is 362 g/mol. The number of H-pyrrole nitrogens is 1. The topological polar surface area (TPSA) is 65.1 Å². The number of carbonyl (C=O) groups is 1. The summed E-state index contributed by atoms with van der Waals surface area (Å²) in [5.74, 6) is 1.11. The lowest BCUT2D eigenvalue weighted by Gasteiger charge is -2.45. The Labute approximate surface area is 171 Å². The van der Waals surface area contributed by atoms with E-state index in [0.29, 0.717) is 13.0 Å². The Morgan fingerprint density at radius 1 is 1.07 bits per heavy atom. The number of aromatic nitrogens is 3. The number of hydrogen-bond donors (Lipinski definition) is 1. The fourth-order valence-electron chi connectivity index (χ4n) is 5.08. The Balaban J connectivity index is 1.37. The molecule has 2 fully saturated rings. The number of aryl methyl sites for hydroxylation is 2. The summed E-state index contributed by atoms with van der Waals surface area (Å²) in [7, 11) is 0. The third-order valence-corrected chi connectivity index (χ3v) is 6.64. The molecule has 2 aliphatic rings. The molecule has 6 heteroatoms. The molecule has 4 heterocycles. The molecule has 6 nitrogen and oxygen atoms in total. The molecule has 2 aliphatic heterocycles. The number of likely N-dealkylation sites (tertiary alicyclic amines) is 1. The number of benzene rings is 1. The molecule has 0 bridgehead atoms. The number of hydrogen-bond acceptors (Lipinski definition) is 4. The monoisotopic (exact) mass is 389 g/mol. The van der Waals surface area contributed by atoms with Crippen molar-refractivity contribution in [2.75, 3.05) is 18.0 Å². The van der Waals surface area contributed by atoms with Crippen LogP contribution in [0.2, 0.25) is 0 Å². The summed E-state index contributed by atoms with van der Waals surface area (Å²) in [6.45, 7) is 6.50. The lowest BCUT2D eigenvalue weighted by molar-refractivity contribution is -0.132. The van der Waals surface area contributed by atoms with Gasteiger partial charge in [0.25, 0.3) is 0 Å². The van der Waals surface area contributed by atoms with Gasteiger partial charge in [0, 0.05) is 60.1 Å². The minimum atomic E-state index is -0.0368. The predicted molar refractivity (Wildman–Crippen MR) is 114 cm³/mol. The normalized spacial score (nSPS) is 18.9. The van der Waals surface area contributed by atoms with Crippen molar-refractivity contribution >= 4 is 22.8 Å². The van der Waals surface area contributed by atoms with Crippen molar-refractivity contribution in [2.24, 2.45) is 0 Å². The maximum atomic E-state index is 12.8. The van der Waals surface area contributed by atoms with Gasteiger partial charge in [-0.15, -0.1) is 0 Å². The molecule has 1 spiro atoms. The average molecular weight is 390 g/mol.